The summed E-state index contributed by atoms with van der Waals surface area (Å²) >= 11 is 6.98. The number of rotatable bonds is 5. The number of ketones is 1. The molecule has 3 aromatic carbocycles. The zero-order valence-corrected chi connectivity index (χ0v) is 23.4. The average molecular weight is 571 g/mol. The molecule has 0 radical (unpaired) electrons. The van der Waals surface area contributed by atoms with Gasteiger partial charge in [0.25, 0.3) is 0 Å². The fourth-order valence-electron chi connectivity index (χ4n) is 4.97. The van der Waals surface area contributed by atoms with Crippen molar-refractivity contribution < 1.29 is 18.8 Å². The zero-order valence-electron chi connectivity index (χ0n) is 21.8. The van der Waals surface area contributed by atoms with Crippen molar-refractivity contribution in [3.63, 3.8) is 0 Å². The van der Waals surface area contributed by atoms with Gasteiger partial charge < -0.3 is 14.2 Å². The molecule has 2 fully saturated rings. The highest BCUT2D eigenvalue weighted by atomic mass is 32.2. The van der Waals surface area contributed by atoms with Crippen LogP contribution in [0.4, 0.5) is 11.4 Å². The number of Topliss-reactive ketones (excluding diaryl/α,β-unsaturated/α-hetero) is 1. The fourth-order valence-corrected chi connectivity index (χ4v) is 6.50. The monoisotopic (exact) mass is 570 g/mol. The number of para-hydroxylation sites is 2. The van der Waals surface area contributed by atoms with Crippen molar-refractivity contribution in [1.29, 1.82) is 0 Å². The molecule has 1 atom stereocenters. The first-order valence-electron chi connectivity index (χ1n) is 13.0. The number of fused-ring (bicyclic) bond motifs is 1. The van der Waals surface area contributed by atoms with Crippen LogP contribution in [0.3, 0.4) is 0 Å². The normalized spacial score (nSPS) is 17.6. The van der Waals surface area contributed by atoms with Crippen LogP contribution in [0.2, 0.25) is 0 Å². The van der Waals surface area contributed by atoms with Gasteiger partial charge in [0, 0.05) is 49.4 Å². The van der Waals surface area contributed by atoms with Crippen molar-refractivity contribution in [1.82, 2.24) is 9.88 Å². The molecule has 0 spiro atoms. The number of aromatic nitrogens is 1. The summed E-state index contributed by atoms with van der Waals surface area (Å²) in [6, 6.07) is 22.3. The number of carbonyl (C=O) groups excluding carboxylic acids is 3. The lowest BCUT2D eigenvalue weighted by atomic mass is 10.1. The number of amides is 2. The standard InChI is InChI=1S/C30H26N4O4S2/c1-19(35)20-6-10-22(11-7-20)32-14-16-33(17-15-32)30(39)40-26-18-27(36)34(29(26)37)23-12-8-21(9-13-23)28-31-24-4-2-3-5-25(24)38-28/h2-13,26H,14-18H2,1H3/t26-/m0/s1. The zero-order chi connectivity index (χ0) is 27.8. The molecule has 202 valence electrons. The third-order valence-electron chi connectivity index (χ3n) is 7.19. The number of hydrogen-bond acceptors (Lipinski definition) is 8. The van der Waals surface area contributed by atoms with Crippen molar-refractivity contribution >= 4 is 68.4 Å². The Morgan fingerprint density at radius 2 is 1.60 bits per heavy atom. The molecular weight excluding hydrogens is 544 g/mol. The van der Waals surface area contributed by atoms with E-state index in [9.17, 15) is 14.4 Å². The predicted octanol–water partition coefficient (Wildman–Crippen LogP) is 5.17. The van der Waals surface area contributed by atoms with Crippen LogP contribution in [0.1, 0.15) is 23.7 Å². The summed E-state index contributed by atoms with van der Waals surface area (Å²) in [5, 5.41) is -0.547. The molecular formula is C30H26N4O4S2. The van der Waals surface area contributed by atoms with Crippen LogP contribution < -0.4 is 9.80 Å². The van der Waals surface area contributed by atoms with E-state index in [4.69, 9.17) is 16.6 Å². The Balaban J connectivity index is 1.06. The largest absolute Gasteiger partial charge is 0.436 e. The number of imide groups is 1. The van der Waals surface area contributed by atoms with Gasteiger partial charge in [-0.25, -0.2) is 9.88 Å². The van der Waals surface area contributed by atoms with Crippen molar-refractivity contribution in [3.05, 3.63) is 78.4 Å². The summed E-state index contributed by atoms with van der Waals surface area (Å²) in [5.74, 6) is 0.0444. The second kappa shape index (κ2) is 10.9. The van der Waals surface area contributed by atoms with E-state index in [-0.39, 0.29) is 24.0 Å². The van der Waals surface area contributed by atoms with Crippen LogP contribution in [0.15, 0.2) is 77.2 Å². The molecule has 40 heavy (non-hydrogen) atoms. The van der Waals surface area contributed by atoms with Crippen molar-refractivity contribution in [3.8, 4) is 11.5 Å². The molecule has 2 amide bonds. The Hall–Kier alpha value is -4.02. The number of carbonyl (C=O) groups is 3. The van der Waals surface area contributed by atoms with E-state index in [0.717, 1.165) is 42.9 Å². The Morgan fingerprint density at radius 1 is 0.925 bits per heavy atom. The number of anilines is 2. The highest BCUT2D eigenvalue weighted by Crippen LogP contribution is 2.33. The molecule has 0 N–H and O–H groups in total. The highest BCUT2D eigenvalue weighted by Gasteiger charge is 2.41. The minimum atomic E-state index is -0.547. The number of nitrogens with zero attached hydrogens (tertiary/aromatic N) is 4. The van der Waals surface area contributed by atoms with E-state index in [1.165, 1.54) is 16.7 Å². The van der Waals surface area contributed by atoms with Gasteiger partial charge in [-0.1, -0.05) is 36.1 Å². The molecule has 10 heteroatoms. The van der Waals surface area contributed by atoms with Gasteiger partial charge in [0.2, 0.25) is 17.7 Å². The Labute approximate surface area is 240 Å². The van der Waals surface area contributed by atoms with Crippen LogP contribution in [0, 0.1) is 0 Å². The highest BCUT2D eigenvalue weighted by molar-refractivity contribution is 8.23. The predicted molar refractivity (Wildman–Crippen MR) is 161 cm³/mol. The number of benzene rings is 3. The van der Waals surface area contributed by atoms with Crippen LogP contribution in [0.25, 0.3) is 22.6 Å². The molecule has 0 bridgehead atoms. The minimum Gasteiger partial charge on any atom is -0.436 e. The maximum Gasteiger partial charge on any atom is 0.247 e. The molecule has 8 nitrogen and oxygen atoms in total. The van der Waals surface area contributed by atoms with Crippen LogP contribution in [-0.2, 0) is 9.59 Å². The van der Waals surface area contributed by atoms with E-state index in [2.05, 4.69) is 14.8 Å². The molecule has 2 saturated heterocycles. The van der Waals surface area contributed by atoms with Crippen molar-refractivity contribution in [2.24, 2.45) is 0 Å². The van der Waals surface area contributed by atoms with Crippen LogP contribution in [0.5, 0.6) is 0 Å². The van der Waals surface area contributed by atoms with E-state index >= 15 is 0 Å². The SMILES string of the molecule is CC(=O)c1ccc(N2CCN(C(=S)S[C@H]3CC(=O)N(c4ccc(-c5nc6ccccc6o5)cc4)C3=O)CC2)cc1. The van der Waals surface area contributed by atoms with Gasteiger partial charge >= 0.3 is 0 Å². The molecule has 1 aromatic heterocycles. The molecule has 0 saturated carbocycles. The van der Waals surface area contributed by atoms with Gasteiger partial charge in [-0.15, -0.1) is 0 Å². The number of thioether (sulfide) groups is 1. The quantitative estimate of drug-likeness (QED) is 0.183. The summed E-state index contributed by atoms with van der Waals surface area (Å²) in [5.41, 5.74) is 4.52. The third kappa shape index (κ3) is 5.12. The maximum absolute atomic E-state index is 13.3. The Kier molecular flexibility index (Phi) is 7.12. The van der Waals surface area contributed by atoms with E-state index in [1.807, 2.05) is 48.5 Å². The summed E-state index contributed by atoms with van der Waals surface area (Å²) in [6.07, 6.45) is 0.110. The average Bonchev–Trinajstić information content (AvgIpc) is 3.53. The molecule has 3 heterocycles. The summed E-state index contributed by atoms with van der Waals surface area (Å²) in [6.45, 7) is 4.55. The molecule has 6 rings (SSSR count). The molecule has 0 aliphatic carbocycles. The summed E-state index contributed by atoms with van der Waals surface area (Å²) in [7, 11) is 0. The Bertz CT molecular complexity index is 1580. The van der Waals surface area contributed by atoms with E-state index in [0.29, 0.717) is 27.0 Å². The lowest BCUT2D eigenvalue weighted by Gasteiger charge is -2.37. The van der Waals surface area contributed by atoms with Gasteiger partial charge in [0.15, 0.2) is 11.4 Å². The molecule has 0 unspecified atom stereocenters. The molecule has 2 aliphatic rings. The summed E-state index contributed by atoms with van der Waals surface area (Å²) in [4.78, 5) is 47.8. The van der Waals surface area contributed by atoms with Crippen molar-refractivity contribution in [2.75, 3.05) is 36.0 Å². The van der Waals surface area contributed by atoms with Crippen LogP contribution >= 0.6 is 24.0 Å². The number of oxazole rings is 1. The minimum absolute atomic E-state index is 0.0502. The van der Waals surface area contributed by atoms with Gasteiger partial charge in [-0.2, -0.15) is 0 Å². The topological polar surface area (TPSA) is 87.0 Å². The smallest absolute Gasteiger partial charge is 0.247 e. The van der Waals surface area contributed by atoms with Crippen LogP contribution in [-0.4, -0.2) is 63.2 Å². The number of piperazine rings is 1. The van der Waals surface area contributed by atoms with Crippen molar-refractivity contribution in [2.45, 2.75) is 18.6 Å². The fraction of sp³-hybridized carbons (Fsp3) is 0.233. The first-order chi connectivity index (χ1) is 19.4. The lowest BCUT2D eigenvalue weighted by Crippen LogP contribution is -2.48. The van der Waals surface area contributed by atoms with Gasteiger partial charge in [-0.05, 0) is 67.6 Å². The lowest BCUT2D eigenvalue weighted by molar-refractivity contribution is -0.121. The maximum atomic E-state index is 13.3. The first-order valence-corrected chi connectivity index (χ1v) is 14.3. The first kappa shape index (κ1) is 26.2. The van der Waals surface area contributed by atoms with E-state index in [1.54, 1.807) is 31.2 Å². The second-order valence-electron chi connectivity index (χ2n) is 9.75. The Morgan fingerprint density at radius 3 is 2.27 bits per heavy atom. The molecule has 2 aliphatic heterocycles. The van der Waals surface area contributed by atoms with Gasteiger partial charge in [0.1, 0.15) is 15.1 Å². The summed E-state index contributed by atoms with van der Waals surface area (Å²) < 4.78 is 6.46. The van der Waals surface area contributed by atoms with E-state index < -0.39 is 5.25 Å². The van der Waals surface area contributed by atoms with Gasteiger partial charge in [0.05, 0.1) is 5.69 Å². The number of thiocarbonyl (C=S) groups is 1. The molecule has 4 aromatic rings. The third-order valence-corrected chi connectivity index (χ3v) is 8.85. The second-order valence-corrected chi connectivity index (χ2v) is 11.6. The van der Waals surface area contributed by atoms with Gasteiger partial charge in [-0.3, -0.25) is 14.4 Å². The number of hydrogen-bond donors (Lipinski definition) is 0.